The summed E-state index contributed by atoms with van der Waals surface area (Å²) in [6, 6.07) is 15.5. The predicted octanol–water partition coefficient (Wildman–Crippen LogP) is 4.62. The molecule has 2 aromatic rings. The van der Waals surface area contributed by atoms with E-state index in [2.05, 4.69) is 5.16 Å². The third kappa shape index (κ3) is 4.38. The lowest BCUT2D eigenvalue weighted by molar-refractivity contribution is -0.140. The topological polar surface area (TPSA) is 55.7 Å². The van der Waals surface area contributed by atoms with E-state index in [1.54, 1.807) is 0 Å². The van der Waals surface area contributed by atoms with E-state index < -0.39 is 5.97 Å². The molecule has 4 heteroatoms. The lowest BCUT2D eigenvalue weighted by atomic mass is 9.99. The molecule has 124 valence electrons. The first kappa shape index (κ1) is 17.6. The van der Waals surface area contributed by atoms with Crippen molar-refractivity contribution in [2.75, 3.05) is 0 Å². The van der Waals surface area contributed by atoms with Crippen molar-refractivity contribution in [1.82, 2.24) is 0 Å². The summed E-state index contributed by atoms with van der Waals surface area (Å²) in [7, 11) is 0. The second-order valence-corrected chi connectivity index (χ2v) is 5.41. The van der Waals surface area contributed by atoms with Crippen LogP contribution < -0.4 is 0 Å². The summed E-state index contributed by atoms with van der Waals surface area (Å²) >= 11 is 0. The van der Waals surface area contributed by atoms with Crippen LogP contribution in [0.4, 0.5) is 0 Å². The Bertz CT molecular complexity index is 743. The molecule has 4 nitrogen and oxygen atoms in total. The number of Topliss-reactive ketones (excluding diaryl/α,β-unsaturated/α-hetero) is 1. The summed E-state index contributed by atoms with van der Waals surface area (Å²) in [5.74, 6) is -0.287. The standard InChI is InChI=1S/C20H21NO3/c1-4-19(21-24-14(3)22)17-10-6-15(7-11-17)16-8-12-18(13-9-16)20(23)5-2/h6-13H,4-5H2,1-3H3. The van der Waals surface area contributed by atoms with Crippen molar-refractivity contribution in [2.24, 2.45) is 5.16 Å². The van der Waals surface area contributed by atoms with Gasteiger partial charge in [-0.25, -0.2) is 4.79 Å². The highest BCUT2D eigenvalue weighted by atomic mass is 16.7. The van der Waals surface area contributed by atoms with E-state index in [0.29, 0.717) is 12.8 Å². The molecule has 2 aromatic carbocycles. The highest BCUT2D eigenvalue weighted by Gasteiger charge is 2.06. The summed E-state index contributed by atoms with van der Waals surface area (Å²) in [4.78, 5) is 27.3. The highest BCUT2D eigenvalue weighted by Crippen LogP contribution is 2.21. The van der Waals surface area contributed by atoms with Crippen molar-refractivity contribution in [1.29, 1.82) is 0 Å². The van der Waals surface area contributed by atoms with Gasteiger partial charge in [-0.2, -0.15) is 0 Å². The minimum Gasteiger partial charge on any atom is -0.318 e. The number of hydrogen-bond donors (Lipinski definition) is 0. The molecular formula is C20H21NO3. The fraction of sp³-hybridized carbons (Fsp3) is 0.250. The van der Waals surface area contributed by atoms with Gasteiger partial charge in [-0.1, -0.05) is 67.5 Å². The molecule has 0 fully saturated rings. The van der Waals surface area contributed by atoms with Crippen LogP contribution in [0.5, 0.6) is 0 Å². The first-order chi connectivity index (χ1) is 11.5. The zero-order valence-electron chi connectivity index (χ0n) is 14.2. The fourth-order valence-electron chi connectivity index (χ4n) is 2.35. The molecule has 0 spiro atoms. The fourth-order valence-corrected chi connectivity index (χ4v) is 2.35. The highest BCUT2D eigenvalue weighted by molar-refractivity contribution is 6.00. The van der Waals surface area contributed by atoms with Crippen molar-refractivity contribution in [2.45, 2.75) is 33.6 Å². The van der Waals surface area contributed by atoms with Crippen LogP contribution in [0.25, 0.3) is 11.1 Å². The SMILES string of the molecule is CCC(=O)c1ccc(-c2ccc(C(CC)=NOC(C)=O)cc2)cc1. The van der Waals surface area contributed by atoms with Gasteiger partial charge in [0.15, 0.2) is 5.78 Å². The molecule has 24 heavy (non-hydrogen) atoms. The minimum absolute atomic E-state index is 0.145. The van der Waals surface area contributed by atoms with Gasteiger partial charge >= 0.3 is 5.97 Å². The van der Waals surface area contributed by atoms with Gasteiger partial charge in [-0.3, -0.25) is 4.79 Å². The number of rotatable bonds is 6. The van der Waals surface area contributed by atoms with Crippen LogP contribution in [0.2, 0.25) is 0 Å². The Morgan fingerprint density at radius 3 is 1.75 bits per heavy atom. The van der Waals surface area contributed by atoms with Gasteiger partial charge in [0.1, 0.15) is 0 Å². The van der Waals surface area contributed by atoms with Crippen molar-refractivity contribution in [3.05, 3.63) is 59.7 Å². The average Bonchev–Trinajstić information content (AvgIpc) is 2.62. The van der Waals surface area contributed by atoms with E-state index in [4.69, 9.17) is 4.84 Å². The van der Waals surface area contributed by atoms with Crippen molar-refractivity contribution < 1.29 is 14.4 Å². The molecule has 0 amide bonds. The Morgan fingerprint density at radius 1 is 0.833 bits per heavy atom. The number of hydrogen-bond acceptors (Lipinski definition) is 4. The Morgan fingerprint density at radius 2 is 1.33 bits per heavy atom. The molecule has 0 aliphatic rings. The van der Waals surface area contributed by atoms with E-state index in [9.17, 15) is 9.59 Å². The van der Waals surface area contributed by atoms with Crippen molar-refractivity contribution >= 4 is 17.5 Å². The molecule has 0 bridgehead atoms. The Labute approximate surface area is 142 Å². The third-order valence-corrected chi connectivity index (χ3v) is 3.70. The molecule has 0 saturated heterocycles. The molecule has 0 heterocycles. The Balaban J connectivity index is 2.21. The number of ketones is 1. The molecule has 0 unspecified atom stereocenters. The molecule has 0 saturated carbocycles. The molecule has 0 atom stereocenters. The summed E-state index contributed by atoms with van der Waals surface area (Å²) in [5, 5.41) is 3.88. The summed E-state index contributed by atoms with van der Waals surface area (Å²) in [6.45, 7) is 5.14. The van der Waals surface area contributed by atoms with E-state index in [1.165, 1.54) is 6.92 Å². The maximum atomic E-state index is 11.7. The molecule has 0 radical (unpaired) electrons. The lowest BCUT2D eigenvalue weighted by Crippen LogP contribution is -2.02. The van der Waals surface area contributed by atoms with Crippen LogP contribution in [-0.2, 0) is 9.63 Å². The molecular weight excluding hydrogens is 302 g/mol. The van der Waals surface area contributed by atoms with E-state index in [-0.39, 0.29) is 5.78 Å². The third-order valence-electron chi connectivity index (χ3n) is 3.70. The van der Waals surface area contributed by atoms with Gasteiger partial charge in [0.2, 0.25) is 0 Å². The zero-order valence-corrected chi connectivity index (χ0v) is 14.2. The second-order valence-electron chi connectivity index (χ2n) is 5.41. The van der Waals surface area contributed by atoms with Crippen LogP contribution >= 0.6 is 0 Å². The second kappa shape index (κ2) is 8.20. The first-order valence-electron chi connectivity index (χ1n) is 8.03. The number of nitrogens with zero attached hydrogens (tertiary/aromatic N) is 1. The lowest BCUT2D eigenvalue weighted by Gasteiger charge is -2.06. The summed E-state index contributed by atoms with van der Waals surface area (Å²) in [5.41, 5.74) is 4.47. The summed E-state index contributed by atoms with van der Waals surface area (Å²) in [6.07, 6.45) is 1.18. The predicted molar refractivity (Wildman–Crippen MR) is 95.1 cm³/mol. The molecule has 0 N–H and O–H groups in total. The monoisotopic (exact) mass is 323 g/mol. The smallest absolute Gasteiger partial charge is 0.318 e. The minimum atomic E-state index is -0.431. The van der Waals surface area contributed by atoms with Gasteiger partial charge in [0.25, 0.3) is 0 Å². The van der Waals surface area contributed by atoms with Crippen LogP contribution in [-0.4, -0.2) is 17.5 Å². The molecule has 0 aromatic heterocycles. The first-order valence-corrected chi connectivity index (χ1v) is 8.03. The number of benzene rings is 2. The quantitative estimate of drug-likeness (QED) is 0.337. The van der Waals surface area contributed by atoms with E-state index in [1.807, 2.05) is 62.4 Å². The Kier molecular flexibility index (Phi) is 6.01. The van der Waals surface area contributed by atoms with Gasteiger partial charge < -0.3 is 4.84 Å². The van der Waals surface area contributed by atoms with Crippen LogP contribution in [0.3, 0.4) is 0 Å². The maximum absolute atomic E-state index is 11.7. The van der Waals surface area contributed by atoms with Crippen molar-refractivity contribution in [3.63, 3.8) is 0 Å². The van der Waals surface area contributed by atoms with Gasteiger partial charge in [0, 0.05) is 18.9 Å². The van der Waals surface area contributed by atoms with Crippen LogP contribution in [0.1, 0.15) is 49.5 Å². The number of carbonyl (C=O) groups is 2. The average molecular weight is 323 g/mol. The van der Waals surface area contributed by atoms with Gasteiger partial charge in [0.05, 0.1) is 5.71 Å². The van der Waals surface area contributed by atoms with Crippen LogP contribution in [0, 0.1) is 0 Å². The zero-order chi connectivity index (χ0) is 17.5. The number of oxime groups is 1. The van der Waals surface area contributed by atoms with E-state index >= 15 is 0 Å². The van der Waals surface area contributed by atoms with E-state index in [0.717, 1.165) is 28.0 Å². The maximum Gasteiger partial charge on any atom is 0.331 e. The van der Waals surface area contributed by atoms with Gasteiger partial charge in [-0.15, -0.1) is 0 Å². The molecule has 0 aliphatic heterocycles. The molecule has 2 rings (SSSR count). The number of carbonyl (C=O) groups excluding carboxylic acids is 2. The van der Waals surface area contributed by atoms with Gasteiger partial charge in [-0.05, 0) is 23.1 Å². The molecule has 0 aliphatic carbocycles. The Hall–Kier alpha value is -2.75. The normalized spacial score (nSPS) is 11.2. The largest absolute Gasteiger partial charge is 0.331 e. The van der Waals surface area contributed by atoms with Crippen LogP contribution in [0.15, 0.2) is 53.7 Å². The van der Waals surface area contributed by atoms with Crippen molar-refractivity contribution in [3.8, 4) is 11.1 Å². The summed E-state index contributed by atoms with van der Waals surface area (Å²) < 4.78 is 0.